The molecular weight excluding hydrogens is 269 g/mol. The highest BCUT2D eigenvalue weighted by atomic mass is 19.1. The molecule has 2 aromatic rings. The van der Waals surface area contributed by atoms with Crippen LogP contribution in [0.1, 0.15) is 37.3 Å². The zero-order chi connectivity index (χ0) is 15.2. The van der Waals surface area contributed by atoms with E-state index in [2.05, 4.69) is 4.74 Å². The third-order valence-electron chi connectivity index (χ3n) is 3.68. The van der Waals surface area contributed by atoms with E-state index in [1.807, 2.05) is 18.2 Å². The molecule has 21 heavy (non-hydrogen) atoms. The second-order valence-electron chi connectivity index (χ2n) is 5.11. The number of halogens is 1. The Morgan fingerprint density at radius 2 is 1.90 bits per heavy atom. The van der Waals surface area contributed by atoms with Gasteiger partial charge in [-0.3, -0.25) is 4.79 Å². The molecule has 0 bridgehead atoms. The summed E-state index contributed by atoms with van der Waals surface area (Å²) in [6, 6.07) is 10.4. The lowest BCUT2D eigenvalue weighted by molar-refractivity contribution is -0.140. The van der Waals surface area contributed by atoms with E-state index < -0.39 is 0 Å². The molecule has 112 valence electrons. The van der Waals surface area contributed by atoms with Crippen LogP contribution in [-0.4, -0.2) is 13.1 Å². The van der Waals surface area contributed by atoms with Gasteiger partial charge in [0.1, 0.15) is 5.82 Å². The standard InChI is InChI=1S/C17H20FNO2/c1-21-17(20)9-5-4-8-16(19)14-10-11-15(18)13-7-3-2-6-12(13)14/h2-3,6-7,10-11,16H,4-5,8-9,19H2,1H3. The number of rotatable bonds is 6. The highest BCUT2D eigenvalue weighted by Gasteiger charge is 2.12. The Balaban J connectivity index is 2.04. The number of benzene rings is 2. The summed E-state index contributed by atoms with van der Waals surface area (Å²) in [6.45, 7) is 0. The fourth-order valence-corrected chi connectivity index (χ4v) is 2.50. The molecule has 0 aliphatic carbocycles. The van der Waals surface area contributed by atoms with Crippen LogP contribution in [0.25, 0.3) is 10.8 Å². The second-order valence-corrected chi connectivity index (χ2v) is 5.11. The average molecular weight is 289 g/mol. The molecule has 1 unspecified atom stereocenters. The maximum absolute atomic E-state index is 13.8. The van der Waals surface area contributed by atoms with Gasteiger partial charge >= 0.3 is 5.97 Å². The molecule has 1 atom stereocenters. The van der Waals surface area contributed by atoms with Crippen molar-refractivity contribution in [3.05, 3.63) is 47.8 Å². The van der Waals surface area contributed by atoms with Gasteiger partial charge in [-0.25, -0.2) is 4.39 Å². The van der Waals surface area contributed by atoms with Crippen LogP contribution in [0.4, 0.5) is 4.39 Å². The number of esters is 1. The van der Waals surface area contributed by atoms with Crippen LogP contribution in [0, 0.1) is 5.82 Å². The highest BCUT2D eigenvalue weighted by molar-refractivity contribution is 5.86. The fourth-order valence-electron chi connectivity index (χ4n) is 2.50. The van der Waals surface area contributed by atoms with Crippen LogP contribution in [0.3, 0.4) is 0 Å². The summed E-state index contributed by atoms with van der Waals surface area (Å²) in [7, 11) is 1.39. The molecule has 0 saturated carbocycles. The Morgan fingerprint density at radius 1 is 1.19 bits per heavy atom. The second kappa shape index (κ2) is 7.18. The third kappa shape index (κ3) is 3.79. The van der Waals surface area contributed by atoms with E-state index in [9.17, 15) is 9.18 Å². The minimum atomic E-state index is -0.229. The van der Waals surface area contributed by atoms with Crippen LogP contribution in [-0.2, 0) is 9.53 Å². The summed E-state index contributed by atoms with van der Waals surface area (Å²) in [5.41, 5.74) is 7.17. The van der Waals surface area contributed by atoms with Gasteiger partial charge in [-0.15, -0.1) is 0 Å². The Morgan fingerprint density at radius 3 is 2.62 bits per heavy atom. The van der Waals surface area contributed by atoms with Crippen molar-refractivity contribution in [3.63, 3.8) is 0 Å². The van der Waals surface area contributed by atoms with Crippen LogP contribution < -0.4 is 5.73 Å². The van der Waals surface area contributed by atoms with E-state index >= 15 is 0 Å². The quantitative estimate of drug-likeness (QED) is 0.651. The predicted octanol–water partition coefficient (Wildman–Crippen LogP) is 3.71. The summed E-state index contributed by atoms with van der Waals surface area (Å²) in [5.74, 6) is -0.428. The zero-order valence-corrected chi connectivity index (χ0v) is 12.1. The minimum absolute atomic E-state index is 0.159. The minimum Gasteiger partial charge on any atom is -0.469 e. The molecular formula is C17H20FNO2. The monoisotopic (exact) mass is 289 g/mol. The summed E-state index contributed by atoms with van der Waals surface area (Å²) in [6.07, 6.45) is 2.75. The van der Waals surface area contributed by atoms with E-state index in [4.69, 9.17) is 5.73 Å². The number of carbonyl (C=O) groups excluding carboxylic acids is 1. The normalized spacial score (nSPS) is 12.3. The number of fused-ring (bicyclic) bond motifs is 1. The zero-order valence-electron chi connectivity index (χ0n) is 12.1. The van der Waals surface area contributed by atoms with Gasteiger partial charge in [0.15, 0.2) is 0 Å². The van der Waals surface area contributed by atoms with Crippen LogP contribution in [0.5, 0.6) is 0 Å². The SMILES string of the molecule is COC(=O)CCCCC(N)c1ccc(F)c2ccccc12. The van der Waals surface area contributed by atoms with Crippen molar-refractivity contribution in [1.29, 1.82) is 0 Å². The fraction of sp³-hybridized carbons (Fsp3) is 0.353. The number of methoxy groups -OCH3 is 1. The molecule has 2 aromatic carbocycles. The van der Waals surface area contributed by atoms with Crippen LogP contribution in [0.15, 0.2) is 36.4 Å². The Bertz CT molecular complexity index is 627. The summed E-state index contributed by atoms with van der Waals surface area (Å²) >= 11 is 0. The molecule has 0 spiro atoms. The first-order valence-electron chi connectivity index (χ1n) is 7.13. The lowest BCUT2D eigenvalue weighted by Crippen LogP contribution is -2.11. The molecule has 0 radical (unpaired) electrons. The Labute approximate surface area is 123 Å². The van der Waals surface area contributed by atoms with E-state index in [1.165, 1.54) is 13.2 Å². The third-order valence-corrected chi connectivity index (χ3v) is 3.68. The van der Waals surface area contributed by atoms with Crippen molar-refractivity contribution >= 4 is 16.7 Å². The summed E-state index contributed by atoms with van der Waals surface area (Å²) in [5, 5.41) is 1.46. The van der Waals surface area contributed by atoms with Gasteiger partial charge in [0.25, 0.3) is 0 Å². The number of hydrogen-bond donors (Lipinski definition) is 1. The molecule has 4 heteroatoms. The van der Waals surface area contributed by atoms with E-state index in [1.54, 1.807) is 12.1 Å². The Kier molecular flexibility index (Phi) is 5.28. The summed E-state index contributed by atoms with van der Waals surface area (Å²) in [4.78, 5) is 11.0. The van der Waals surface area contributed by atoms with Gasteiger partial charge in [0, 0.05) is 17.8 Å². The average Bonchev–Trinajstić information content (AvgIpc) is 2.51. The predicted molar refractivity (Wildman–Crippen MR) is 81.3 cm³/mol. The molecule has 3 nitrogen and oxygen atoms in total. The number of unbranched alkanes of at least 4 members (excludes halogenated alkanes) is 1. The number of ether oxygens (including phenoxy) is 1. The smallest absolute Gasteiger partial charge is 0.305 e. The highest BCUT2D eigenvalue weighted by Crippen LogP contribution is 2.27. The van der Waals surface area contributed by atoms with Crippen molar-refractivity contribution in [3.8, 4) is 0 Å². The number of carbonyl (C=O) groups is 1. The molecule has 0 amide bonds. The molecule has 2 rings (SSSR count). The maximum Gasteiger partial charge on any atom is 0.305 e. The molecule has 0 aromatic heterocycles. The van der Waals surface area contributed by atoms with Crippen LogP contribution >= 0.6 is 0 Å². The van der Waals surface area contributed by atoms with Crippen LogP contribution in [0.2, 0.25) is 0 Å². The number of nitrogens with two attached hydrogens (primary N) is 1. The molecule has 0 aliphatic rings. The van der Waals surface area contributed by atoms with Crippen molar-refractivity contribution < 1.29 is 13.9 Å². The first kappa shape index (κ1) is 15.4. The first-order valence-corrected chi connectivity index (χ1v) is 7.13. The van der Waals surface area contributed by atoms with Gasteiger partial charge in [0.05, 0.1) is 7.11 Å². The molecule has 2 N–H and O–H groups in total. The van der Waals surface area contributed by atoms with E-state index in [0.717, 1.165) is 30.2 Å². The summed E-state index contributed by atoms with van der Waals surface area (Å²) < 4.78 is 18.4. The van der Waals surface area contributed by atoms with Crippen molar-refractivity contribution in [2.24, 2.45) is 5.73 Å². The van der Waals surface area contributed by atoms with Crippen molar-refractivity contribution in [1.82, 2.24) is 0 Å². The van der Waals surface area contributed by atoms with Gasteiger partial charge in [0.2, 0.25) is 0 Å². The first-order chi connectivity index (χ1) is 10.1. The molecule has 0 aliphatic heterocycles. The van der Waals surface area contributed by atoms with Gasteiger partial charge < -0.3 is 10.5 Å². The van der Waals surface area contributed by atoms with Gasteiger partial charge in [-0.2, -0.15) is 0 Å². The van der Waals surface area contributed by atoms with E-state index in [0.29, 0.717) is 11.8 Å². The molecule has 0 saturated heterocycles. The lowest BCUT2D eigenvalue weighted by atomic mass is 9.95. The van der Waals surface area contributed by atoms with Crippen molar-refractivity contribution in [2.75, 3.05) is 7.11 Å². The van der Waals surface area contributed by atoms with Gasteiger partial charge in [-0.05, 0) is 29.9 Å². The topological polar surface area (TPSA) is 52.3 Å². The van der Waals surface area contributed by atoms with E-state index in [-0.39, 0.29) is 17.8 Å². The maximum atomic E-state index is 13.8. The molecule has 0 heterocycles. The van der Waals surface area contributed by atoms with Crippen molar-refractivity contribution in [2.45, 2.75) is 31.7 Å². The number of hydrogen-bond acceptors (Lipinski definition) is 3. The van der Waals surface area contributed by atoms with Gasteiger partial charge in [-0.1, -0.05) is 36.8 Å². The largest absolute Gasteiger partial charge is 0.469 e. The Hall–Kier alpha value is -1.94. The lowest BCUT2D eigenvalue weighted by Gasteiger charge is -2.15. The molecule has 0 fully saturated rings.